The number of benzene rings is 12. The molecule has 0 saturated carbocycles. The van der Waals surface area contributed by atoms with Gasteiger partial charge in [0.05, 0.1) is 93.9 Å². The number of nitrogens with zero attached hydrogens (tertiary/aromatic N) is 6. The third-order valence-electron chi connectivity index (χ3n) is 20.3. The highest BCUT2D eigenvalue weighted by Crippen LogP contribution is 2.37. The topological polar surface area (TPSA) is 359 Å². The minimum absolute atomic E-state index is 0.00249. The largest absolute Gasteiger partial charge is 0.457 e. The van der Waals surface area contributed by atoms with Gasteiger partial charge in [-0.1, -0.05) is 130 Å². The average Bonchev–Trinajstić information content (AvgIpc) is 1.62. The number of carbonyl (C=O) groups is 6. The van der Waals surface area contributed by atoms with E-state index >= 15 is 0 Å². The molecule has 4 aliphatic heterocycles. The highest BCUT2D eigenvalue weighted by atomic mass is 35.5. The lowest BCUT2D eigenvalue weighted by Crippen LogP contribution is -2.26. The number of anilines is 10. The van der Waals surface area contributed by atoms with Crippen LogP contribution in [0.15, 0.2) is 273 Å². The van der Waals surface area contributed by atoms with Crippen LogP contribution in [-0.2, 0) is 40.1 Å². The van der Waals surface area contributed by atoms with Crippen molar-refractivity contribution in [2.45, 2.75) is 25.7 Å². The summed E-state index contributed by atoms with van der Waals surface area (Å²) in [5, 5.41) is 19.3. The van der Waals surface area contributed by atoms with Crippen LogP contribution >= 0.6 is 69.6 Å². The summed E-state index contributed by atoms with van der Waals surface area (Å²) in [5.74, 6) is -1.28. The summed E-state index contributed by atoms with van der Waals surface area (Å²) in [4.78, 5) is 84.7. The van der Waals surface area contributed by atoms with E-state index in [2.05, 4.69) is 41.9 Å². The maximum atomic E-state index is 14.6. The number of halogens is 7. The molecule has 5 heterocycles. The lowest BCUT2D eigenvalue weighted by Gasteiger charge is -2.18. The van der Waals surface area contributed by atoms with Crippen molar-refractivity contribution in [1.29, 1.82) is 0 Å². The molecule has 6 amide bonds. The number of sulfonamides is 4. The summed E-state index contributed by atoms with van der Waals surface area (Å²) >= 11 is 36.9. The molecule has 4 saturated heterocycles. The Bertz CT molecular complexity index is 7050. The van der Waals surface area contributed by atoms with E-state index in [1.165, 1.54) is 73.6 Å². The summed E-state index contributed by atoms with van der Waals surface area (Å²) in [5.41, 5.74) is 7.17. The zero-order valence-electron chi connectivity index (χ0n) is 68.1. The number of aromatic nitrogens is 2. The van der Waals surface area contributed by atoms with E-state index in [1.54, 1.807) is 164 Å². The van der Waals surface area contributed by atoms with E-state index < -0.39 is 69.5 Å². The predicted octanol–water partition coefficient (Wildman–Crippen LogP) is 19.9. The molecule has 17 rings (SSSR count). The summed E-state index contributed by atoms with van der Waals surface area (Å²) in [7, 11) is -13.5. The van der Waals surface area contributed by atoms with Gasteiger partial charge in [-0.25, -0.2) is 48.0 Å². The number of nitrogens with one attached hydrogen (secondary N) is 6. The maximum absolute atomic E-state index is 14.6. The van der Waals surface area contributed by atoms with Gasteiger partial charge in [0.15, 0.2) is 5.82 Å². The van der Waals surface area contributed by atoms with Crippen molar-refractivity contribution >= 4 is 213 Å². The maximum Gasteiger partial charge on any atom is 0.257 e. The van der Waals surface area contributed by atoms with Crippen LogP contribution in [0.5, 0.6) is 11.5 Å². The van der Waals surface area contributed by atoms with Gasteiger partial charge in [-0.05, 0) is 232 Å². The second-order valence-corrected chi connectivity index (χ2v) is 40.0. The van der Waals surface area contributed by atoms with Gasteiger partial charge in [-0.2, -0.15) is 0 Å². The third-order valence-corrected chi connectivity index (χ3v) is 29.6. The number of fused-ring (bicyclic) bond motifs is 1. The van der Waals surface area contributed by atoms with Crippen LogP contribution < -0.4 is 53.9 Å². The first-order chi connectivity index (χ1) is 62.2. The molecule has 666 valence electrons. The minimum Gasteiger partial charge on any atom is -0.457 e. The first kappa shape index (κ1) is 93.4. The van der Waals surface area contributed by atoms with Crippen molar-refractivity contribution in [2.75, 3.05) is 98.3 Å². The summed E-state index contributed by atoms with van der Waals surface area (Å²) < 4.78 is 122. The molecule has 0 bridgehead atoms. The Kier molecular flexibility index (Phi) is 29.4. The fourth-order valence-electron chi connectivity index (χ4n) is 13.9. The lowest BCUT2D eigenvalue weighted by molar-refractivity contribution is 0.101. The quantitative estimate of drug-likeness (QED) is 0.0438. The Morgan fingerprint density at radius 1 is 0.338 bits per heavy atom. The van der Waals surface area contributed by atoms with Gasteiger partial charge in [0.25, 0.3) is 35.4 Å². The smallest absolute Gasteiger partial charge is 0.257 e. The SMILES string of the molecule is O=C(Nc1ccc(Cl)c(NC(=O)c2cccc(Cl)c2)c1)c1ccc(N2CCCS2(=O)=O)c(F)c1.O=C(Nc1ccc(Cl)c(NC(=O)c2ccccc2)c1)c1ccc(N2CCCS2(=O)=O)cc1.O=C(Nc1ccc(Oc2cccc(Cl)c2)cc1)c1ccc(N2CCCS2(=O)=O)cc1Cl.O=C(Nc1cccc(-c2ncc3ccccc3n2)c1)c1ccc(N2CCCS2(=O)=O)cc1Cl. The third kappa shape index (κ3) is 23.3. The van der Waals surface area contributed by atoms with Crippen LogP contribution in [-0.4, -0.2) is 128 Å². The summed E-state index contributed by atoms with van der Waals surface area (Å²) in [6.45, 7) is 1.46. The number of hydrogen-bond donors (Lipinski definition) is 6. The number of ether oxygens (including phenoxy) is 1. The lowest BCUT2D eigenvalue weighted by atomic mass is 10.1. The molecule has 27 nitrogen and oxygen atoms in total. The monoisotopic (exact) mass is 1940 g/mol. The highest BCUT2D eigenvalue weighted by molar-refractivity contribution is 7.94. The average molecular weight is 1950 g/mol. The van der Waals surface area contributed by atoms with Crippen molar-refractivity contribution in [3.63, 3.8) is 0 Å². The highest BCUT2D eigenvalue weighted by Gasteiger charge is 2.34. The molecule has 0 atom stereocenters. The van der Waals surface area contributed by atoms with E-state index in [-0.39, 0.29) is 84.5 Å². The number of rotatable bonds is 19. The van der Waals surface area contributed by atoms with Gasteiger partial charge in [0.2, 0.25) is 40.1 Å². The van der Waals surface area contributed by atoms with Crippen LogP contribution in [0.3, 0.4) is 0 Å². The molecule has 6 N–H and O–H groups in total. The van der Waals surface area contributed by atoms with Gasteiger partial charge >= 0.3 is 0 Å². The normalized spacial score (nSPS) is 14.8. The van der Waals surface area contributed by atoms with Crippen molar-refractivity contribution < 1.29 is 71.6 Å². The Labute approximate surface area is 777 Å². The Hall–Kier alpha value is -12.7. The molecule has 4 fully saturated rings. The molecular weight excluding hydrogens is 1870 g/mol. The zero-order valence-corrected chi connectivity index (χ0v) is 75.9. The standard InChI is InChI=1S/C24H19ClN4O3S.C23H18Cl2FN3O4S.C23H20ClN3O4S.C22H18Cl2N2O4S/c25-21-14-19(29-11-4-12-33(29,31)32)9-10-20(21)24(30)27-18-7-3-6-16(13-18)23-26-15-17-5-1-2-8-22(17)28-23;24-16-4-1-3-14(11-16)23(31)28-20-13-17(6-7-18(20)25)27-22(30)15-5-8-21(19(26)12-15)29-9-2-10-34(29,32)33;24-20-12-9-18(15-21(20)26-23(29)16-5-2-1-3-6-16)25-22(28)17-7-10-19(11-8-17)27-13-4-14-32(27,30)31;23-15-3-1-4-19(13-15)30-18-8-5-16(6-9-18)25-22(27)20-10-7-17(14-21(20)24)26-11-2-12-31(26,28)29/h1-3,5-10,13-15H,4,11-12H2,(H,27,30);1,3-8,11-13H,2,9-10H2,(H,27,30)(H,28,31);1-3,5-12,15H,4,13-14H2,(H,25,28)(H,26,29);1,3-10,13-14H,2,11-12H2,(H,25,27). The van der Waals surface area contributed by atoms with Gasteiger partial charge in [0, 0.05) is 98.4 Å². The van der Waals surface area contributed by atoms with Crippen LogP contribution in [0.4, 0.5) is 61.3 Å². The Morgan fingerprint density at radius 3 is 1.30 bits per heavy atom. The molecule has 130 heavy (non-hydrogen) atoms. The second-order valence-electron chi connectivity index (χ2n) is 29.4. The van der Waals surface area contributed by atoms with Crippen molar-refractivity contribution in [1.82, 2.24) is 9.97 Å². The van der Waals surface area contributed by atoms with Crippen LogP contribution in [0.25, 0.3) is 22.3 Å². The van der Waals surface area contributed by atoms with E-state index in [0.717, 1.165) is 26.8 Å². The molecule has 0 spiro atoms. The number of carbonyl (C=O) groups excluding carboxylic acids is 6. The van der Waals surface area contributed by atoms with Gasteiger partial charge < -0.3 is 36.6 Å². The van der Waals surface area contributed by atoms with Crippen LogP contribution in [0.1, 0.15) is 87.8 Å². The molecular formula is C92H75Cl6FN12O15S4. The molecule has 0 aliphatic carbocycles. The fourth-order valence-corrected chi connectivity index (χ4v) is 21.4. The number of para-hydroxylation sites is 1. The van der Waals surface area contributed by atoms with Crippen molar-refractivity contribution in [3.05, 3.63) is 342 Å². The molecule has 13 aromatic rings. The molecule has 0 radical (unpaired) electrons. The van der Waals surface area contributed by atoms with Crippen LogP contribution in [0.2, 0.25) is 30.1 Å². The Morgan fingerprint density at radius 2 is 0.769 bits per heavy atom. The van der Waals surface area contributed by atoms with E-state index in [9.17, 15) is 66.8 Å². The van der Waals surface area contributed by atoms with Crippen molar-refractivity contribution in [2.24, 2.45) is 0 Å². The molecule has 4 aliphatic rings. The van der Waals surface area contributed by atoms with E-state index in [4.69, 9.17) is 74.3 Å². The van der Waals surface area contributed by atoms with Gasteiger partial charge in [0.1, 0.15) is 17.3 Å². The Balaban J connectivity index is 0.000000140. The summed E-state index contributed by atoms with van der Waals surface area (Å²) in [6.07, 6.45) is 3.91. The van der Waals surface area contributed by atoms with Crippen molar-refractivity contribution in [3.8, 4) is 22.9 Å². The molecule has 38 heteroatoms. The molecule has 1 aromatic heterocycles. The number of hydrogen-bond acceptors (Lipinski definition) is 17. The van der Waals surface area contributed by atoms with Crippen LogP contribution in [0, 0.1) is 5.82 Å². The second kappa shape index (κ2) is 40.9. The fraction of sp³-hybridized carbons (Fsp3) is 0.130. The molecule has 12 aromatic carbocycles. The first-order valence-electron chi connectivity index (χ1n) is 39.8. The molecule has 0 unspecified atom stereocenters. The minimum atomic E-state index is -3.55. The van der Waals surface area contributed by atoms with Gasteiger partial charge in [-0.3, -0.25) is 46.0 Å². The number of amides is 6. The van der Waals surface area contributed by atoms with Gasteiger partial charge in [-0.15, -0.1) is 0 Å². The summed E-state index contributed by atoms with van der Waals surface area (Å²) in [6, 6.07) is 72.5. The first-order valence-corrected chi connectivity index (χ1v) is 48.5. The van der Waals surface area contributed by atoms with E-state index in [1.807, 2.05) is 42.5 Å². The predicted molar refractivity (Wildman–Crippen MR) is 510 cm³/mol. The zero-order chi connectivity index (χ0) is 92.2. The van der Waals surface area contributed by atoms with E-state index in [0.29, 0.717) is 140 Å².